The Morgan fingerprint density at radius 3 is 2.19 bits per heavy atom. The van der Waals surface area contributed by atoms with Crippen LogP contribution in [0.15, 0.2) is 12.1 Å². The lowest BCUT2D eigenvalue weighted by molar-refractivity contribution is 0.311. The molecule has 0 spiro atoms. The van der Waals surface area contributed by atoms with Crippen LogP contribution in [0.4, 0.5) is 8.78 Å². The Labute approximate surface area is 99.9 Å². The monoisotopic (exact) mass is 251 g/mol. The fraction of sp³-hybridized carbons (Fsp3) is 0.455. The van der Waals surface area contributed by atoms with Gasteiger partial charge in [0.25, 0.3) is 0 Å². The third-order valence-corrected chi connectivity index (χ3v) is 2.37. The van der Waals surface area contributed by atoms with E-state index in [2.05, 4.69) is 0 Å². The third kappa shape index (κ3) is 2.83. The summed E-state index contributed by atoms with van der Waals surface area (Å²) < 4.78 is 25.8. The van der Waals surface area contributed by atoms with Gasteiger partial charge in [-0.3, -0.25) is 0 Å². The number of phenols is 1. The fourth-order valence-corrected chi connectivity index (χ4v) is 1.27. The average Bonchev–Trinajstić information content (AvgIpc) is 2.12. The van der Waals surface area contributed by atoms with Crippen LogP contribution in [0.3, 0.4) is 0 Å². The minimum Gasteiger partial charge on any atom is -0.505 e. The zero-order valence-corrected chi connectivity index (χ0v) is 10.2. The Balaban J connectivity index is 0.00000225. The molecular weight excluding hydrogens is 236 g/mol. The molecule has 1 aromatic rings. The van der Waals surface area contributed by atoms with Crippen molar-refractivity contribution in [2.24, 2.45) is 11.1 Å². The molecule has 0 bridgehead atoms. The maximum atomic E-state index is 13.1. The van der Waals surface area contributed by atoms with Gasteiger partial charge in [-0.05, 0) is 11.5 Å². The Kier molecular flexibility index (Phi) is 4.70. The average molecular weight is 252 g/mol. The van der Waals surface area contributed by atoms with E-state index in [0.29, 0.717) is 0 Å². The molecule has 3 N–H and O–H groups in total. The first-order chi connectivity index (χ1) is 6.75. The van der Waals surface area contributed by atoms with Gasteiger partial charge in [0.2, 0.25) is 5.82 Å². The summed E-state index contributed by atoms with van der Waals surface area (Å²) in [6.07, 6.45) is 0. The van der Waals surface area contributed by atoms with E-state index in [1.165, 1.54) is 6.07 Å². The SMILES string of the molecule is CC(C)(C)[C@@H](N)c1ccc(F)c(F)c1O.Cl. The number of hydrogen-bond donors (Lipinski definition) is 2. The molecule has 0 saturated heterocycles. The van der Waals surface area contributed by atoms with Crippen molar-refractivity contribution in [1.29, 1.82) is 0 Å². The zero-order valence-electron chi connectivity index (χ0n) is 9.42. The van der Waals surface area contributed by atoms with Crippen molar-refractivity contribution in [3.63, 3.8) is 0 Å². The van der Waals surface area contributed by atoms with Crippen molar-refractivity contribution >= 4 is 12.4 Å². The van der Waals surface area contributed by atoms with Gasteiger partial charge in [-0.25, -0.2) is 4.39 Å². The largest absolute Gasteiger partial charge is 0.505 e. The summed E-state index contributed by atoms with van der Waals surface area (Å²) in [6, 6.07) is 1.73. The van der Waals surface area contributed by atoms with Gasteiger partial charge in [0, 0.05) is 11.6 Å². The van der Waals surface area contributed by atoms with Gasteiger partial charge in [-0.1, -0.05) is 26.8 Å². The molecule has 0 aromatic heterocycles. The third-order valence-electron chi connectivity index (χ3n) is 2.37. The zero-order chi connectivity index (χ0) is 11.8. The predicted molar refractivity (Wildman–Crippen MR) is 61.7 cm³/mol. The first-order valence-corrected chi connectivity index (χ1v) is 4.67. The molecule has 0 amide bonds. The van der Waals surface area contributed by atoms with E-state index in [9.17, 15) is 13.9 Å². The highest BCUT2D eigenvalue weighted by molar-refractivity contribution is 5.85. The van der Waals surface area contributed by atoms with Crippen LogP contribution in [0.1, 0.15) is 32.4 Å². The molecule has 5 heteroatoms. The van der Waals surface area contributed by atoms with Crippen LogP contribution in [0, 0.1) is 17.0 Å². The van der Waals surface area contributed by atoms with E-state index in [1.54, 1.807) is 0 Å². The smallest absolute Gasteiger partial charge is 0.200 e. The van der Waals surface area contributed by atoms with Crippen molar-refractivity contribution in [2.75, 3.05) is 0 Å². The maximum Gasteiger partial charge on any atom is 0.200 e. The quantitative estimate of drug-likeness (QED) is 0.806. The number of halogens is 3. The Hall–Kier alpha value is -0.870. The molecule has 1 atom stereocenters. The van der Waals surface area contributed by atoms with E-state index in [0.717, 1.165) is 6.07 Å². The fourth-order valence-electron chi connectivity index (χ4n) is 1.27. The van der Waals surface area contributed by atoms with E-state index in [-0.39, 0.29) is 23.4 Å². The van der Waals surface area contributed by atoms with E-state index in [4.69, 9.17) is 5.73 Å². The summed E-state index contributed by atoms with van der Waals surface area (Å²) in [6.45, 7) is 5.58. The van der Waals surface area contributed by atoms with E-state index < -0.39 is 23.4 Å². The molecule has 92 valence electrons. The highest BCUT2D eigenvalue weighted by Crippen LogP contribution is 2.36. The molecule has 0 aliphatic rings. The molecule has 0 radical (unpaired) electrons. The van der Waals surface area contributed by atoms with E-state index >= 15 is 0 Å². The Bertz CT molecular complexity index is 377. The summed E-state index contributed by atoms with van der Waals surface area (Å²) in [5, 5.41) is 9.42. The molecule has 1 rings (SSSR count). The summed E-state index contributed by atoms with van der Waals surface area (Å²) >= 11 is 0. The highest BCUT2D eigenvalue weighted by Gasteiger charge is 2.26. The summed E-state index contributed by atoms with van der Waals surface area (Å²) in [4.78, 5) is 0. The lowest BCUT2D eigenvalue weighted by Crippen LogP contribution is -2.26. The van der Waals surface area contributed by atoms with Crippen molar-refractivity contribution in [1.82, 2.24) is 0 Å². The first kappa shape index (κ1) is 15.1. The molecule has 0 heterocycles. The van der Waals surface area contributed by atoms with Crippen LogP contribution in [-0.2, 0) is 0 Å². The lowest BCUT2D eigenvalue weighted by atomic mass is 9.82. The number of hydrogen-bond acceptors (Lipinski definition) is 2. The van der Waals surface area contributed by atoms with Gasteiger partial charge >= 0.3 is 0 Å². The molecule has 16 heavy (non-hydrogen) atoms. The van der Waals surface area contributed by atoms with E-state index in [1.807, 2.05) is 20.8 Å². The Morgan fingerprint density at radius 2 is 1.75 bits per heavy atom. The second-order valence-corrected chi connectivity index (χ2v) is 4.64. The topological polar surface area (TPSA) is 46.2 Å². The second kappa shape index (κ2) is 4.97. The number of aromatic hydroxyl groups is 1. The number of nitrogens with two attached hydrogens (primary N) is 1. The molecule has 0 fully saturated rings. The second-order valence-electron chi connectivity index (χ2n) is 4.64. The van der Waals surface area contributed by atoms with Crippen molar-refractivity contribution < 1.29 is 13.9 Å². The molecule has 2 nitrogen and oxygen atoms in total. The predicted octanol–water partition coefficient (Wildman–Crippen LogP) is 3.14. The van der Waals surface area contributed by atoms with Gasteiger partial charge in [0.1, 0.15) is 0 Å². The molecular formula is C11H16ClF2NO. The van der Waals surface area contributed by atoms with Crippen LogP contribution in [-0.4, -0.2) is 5.11 Å². The van der Waals surface area contributed by atoms with Gasteiger partial charge in [0.05, 0.1) is 0 Å². The van der Waals surface area contributed by atoms with Crippen LogP contribution >= 0.6 is 12.4 Å². The van der Waals surface area contributed by atoms with Crippen LogP contribution in [0.25, 0.3) is 0 Å². The van der Waals surface area contributed by atoms with Gasteiger partial charge in [-0.15, -0.1) is 12.4 Å². The van der Waals surface area contributed by atoms with Crippen molar-refractivity contribution in [2.45, 2.75) is 26.8 Å². The molecule has 0 saturated carbocycles. The lowest BCUT2D eigenvalue weighted by Gasteiger charge is -2.27. The minimum absolute atomic E-state index is 0. The van der Waals surface area contributed by atoms with Crippen LogP contribution in [0.5, 0.6) is 5.75 Å². The number of rotatable bonds is 1. The summed E-state index contributed by atoms with van der Waals surface area (Å²) in [5.74, 6) is -3.01. The minimum atomic E-state index is -1.24. The van der Waals surface area contributed by atoms with Crippen LogP contribution < -0.4 is 5.73 Å². The summed E-state index contributed by atoms with van der Waals surface area (Å²) in [5.41, 5.74) is 5.73. The number of benzene rings is 1. The molecule has 0 aliphatic heterocycles. The van der Waals surface area contributed by atoms with Crippen molar-refractivity contribution in [3.8, 4) is 5.75 Å². The number of phenolic OH excluding ortho intramolecular Hbond substituents is 1. The van der Waals surface area contributed by atoms with Gasteiger partial charge in [-0.2, -0.15) is 4.39 Å². The maximum absolute atomic E-state index is 13.1. The Morgan fingerprint density at radius 1 is 1.25 bits per heavy atom. The normalized spacial score (nSPS) is 13.1. The molecule has 0 aliphatic carbocycles. The standard InChI is InChI=1S/C11H15F2NO.ClH/c1-11(2,3)10(14)6-4-5-7(12)8(13)9(6)15;/h4-5,10,15H,14H2,1-3H3;1H/t10-;/m0./s1. The highest BCUT2D eigenvalue weighted by atomic mass is 35.5. The summed E-state index contributed by atoms with van der Waals surface area (Å²) in [7, 11) is 0. The van der Waals surface area contributed by atoms with Gasteiger partial charge < -0.3 is 10.8 Å². The van der Waals surface area contributed by atoms with Crippen LogP contribution in [0.2, 0.25) is 0 Å². The first-order valence-electron chi connectivity index (χ1n) is 4.67. The van der Waals surface area contributed by atoms with Gasteiger partial charge in [0.15, 0.2) is 11.6 Å². The molecule has 0 unspecified atom stereocenters. The van der Waals surface area contributed by atoms with Crippen molar-refractivity contribution in [3.05, 3.63) is 29.3 Å². The molecule has 1 aromatic carbocycles.